The lowest BCUT2D eigenvalue weighted by atomic mass is 9.99. The second-order valence-electron chi connectivity index (χ2n) is 5.39. The standard InChI is InChI=1S/C16H18BrN3O.C2H6/c1-4-15-18-13(8-16(21)20(15)3)10-5-6-14-11(7-10)12(17)9-19(14)2;1-2/h4-7,9,13,18H,8H2,1-3H3;1-2H3/b15-4-;. The topological polar surface area (TPSA) is 37.3 Å². The van der Waals surface area contributed by atoms with Crippen molar-refractivity contribution in [1.29, 1.82) is 0 Å². The molecule has 1 fully saturated rings. The largest absolute Gasteiger partial charge is 0.364 e. The van der Waals surface area contributed by atoms with Gasteiger partial charge < -0.3 is 14.8 Å². The number of rotatable bonds is 1. The molecule has 1 aromatic carbocycles. The van der Waals surface area contributed by atoms with E-state index in [0.717, 1.165) is 15.9 Å². The van der Waals surface area contributed by atoms with Gasteiger partial charge in [-0.15, -0.1) is 0 Å². The number of aromatic nitrogens is 1. The highest BCUT2D eigenvalue weighted by atomic mass is 79.9. The van der Waals surface area contributed by atoms with E-state index in [4.69, 9.17) is 0 Å². The van der Waals surface area contributed by atoms with Crippen LogP contribution < -0.4 is 5.32 Å². The van der Waals surface area contributed by atoms with Gasteiger partial charge in [0.1, 0.15) is 5.82 Å². The van der Waals surface area contributed by atoms with E-state index < -0.39 is 0 Å². The molecule has 0 bridgehead atoms. The Labute approximate surface area is 146 Å². The molecule has 124 valence electrons. The van der Waals surface area contributed by atoms with E-state index >= 15 is 0 Å². The molecular weight excluding hydrogens is 354 g/mol. The van der Waals surface area contributed by atoms with E-state index in [-0.39, 0.29) is 11.9 Å². The van der Waals surface area contributed by atoms with E-state index in [1.165, 1.54) is 10.9 Å². The molecule has 1 amide bonds. The molecule has 1 aliphatic heterocycles. The molecule has 23 heavy (non-hydrogen) atoms. The SMILES string of the molecule is C/C=C1/NC(c2ccc3c(c2)c(Br)cn3C)CC(=O)N1C.CC. The zero-order valence-corrected chi connectivity index (χ0v) is 15.9. The van der Waals surface area contributed by atoms with Crippen LogP contribution in [-0.2, 0) is 11.8 Å². The molecule has 1 atom stereocenters. The summed E-state index contributed by atoms with van der Waals surface area (Å²) in [7, 11) is 3.83. The van der Waals surface area contributed by atoms with Crippen molar-refractivity contribution in [1.82, 2.24) is 14.8 Å². The van der Waals surface area contributed by atoms with E-state index in [9.17, 15) is 4.79 Å². The number of allylic oxidation sites excluding steroid dienone is 1. The maximum atomic E-state index is 12.1. The van der Waals surface area contributed by atoms with Crippen molar-refractivity contribution in [2.24, 2.45) is 7.05 Å². The van der Waals surface area contributed by atoms with Gasteiger partial charge in [-0.05, 0) is 46.6 Å². The molecule has 1 saturated heterocycles. The summed E-state index contributed by atoms with van der Waals surface area (Å²) in [6, 6.07) is 6.38. The van der Waals surface area contributed by atoms with Gasteiger partial charge in [0.2, 0.25) is 5.91 Å². The minimum atomic E-state index is 0.0245. The molecule has 1 aliphatic rings. The Morgan fingerprint density at radius 1 is 1.30 bits per heavy atom. The van der Waals surface area contributed by atoms with Crippen LogP contribution in [0.3, 0.4) is 0 Å². The zero-order chi connectivity index (χ0) is 17.1. The van der Waals surface area contributed by atoms with Gasteiger partial charge in [0.15, 0.2) is 0 Å². The summed E-state index contributed by atoms with van der Waals surface area (Å²) in [6.07, 6.45) is 4.46. The maximum Gasteiger partial charge on any atom is 0.230 e. The number of carbonyl (C=O) groups excluding carboxylic acids is 1. The Bertz CT molecular complexity index is 748. The number of aryl methyl sites for hydroxylation is 1. The van der Waals surface area contributed by atoms with Crippen LogP contribution in [-0.4, -0.2) is 22.4 Å². The lowest BCUT2D eigenvalue weighted by Gasteiger charge is -2.33. The number of fused-ring (bicyclic) bond motifs is 1. The van der Waals surface area contributed by atoms with Crippen LogP contribution in [0, 0.1) is 0 Å². The second-order valence-corrected chi connectivity index (χ2v) is 6.25. The summed E-state index contributed by atoms with van der Waals surface area (Å²) in [5, 5.41) is 4.61. The van der Waals surface area contributed by atoms with Crippen molar-refractivity contribution >= 4 is 32.7 Å². The molecule has 1 N–H and O–H groups in total. The second kappa shape index (κ2) is 7.21. The Kier molecular flexibility index (Phi) is 5.52. The van der Waals surface area contributed by atoms with Crippen LogP contribution in [0.5, 0.6) is 0 Å². The summed E-state index contributed by atoms with van der Waals surface area (Å²) in [4.78, 5) is 13.8. The summed E-state index contributed by atoms with van der Waals surface area (Å²) in [5.41, 5.74) is 2.31. The number of benzene rings is 1. The molecule has 0 spiro atoms. The van der Waals surface area contributed by atoms with E-state index in [1.807, 2.05) is 33.9 Å². The van der Waals surface area contributed by atoms with Gasteiger partial charge in [0.25, 0.3) is 0 Å². The molecule has 0 radical (unpaired) electrons. The fourth-order valence-corrected chi connectivity index (χ4v) is 3.45. The Balaban J connectivity index is 0.000000924. The number of halogens is 1. The predicted molar refractivity (Wildman–Crippen MR) is 99.0 cm³/mol. The minimum Gasteiger partial charge on any atom is -0.364 e. The molecule has 4 nitrogen and oxygen atoms in total. The van der Waals surface area contributed by atoms with Crippen LogP contribution in [0.25, 0.3) is 10.9 Å². The van der Waals surface area contributed by atoms with E-state index in [2.05, 4.69) is 50.2 Å². The lowest BCUT2D eigenvalue weighted by molar-refractivity contribution is -0.130. The highest BCUT2D eigenvalue weighted by molar-refractivity contribution is 9.10. The van der Waals surface area contributed by atoms with E-state index in [1.54, 1.807) is 11.9 Å². The first kappa shape index (κ1) is 17.6. The third-order valence-electron chi connectivity index (χ3n) is 4.08. The molecule has 1 aromatic heterocycles. The van der Waals surface area contributed by atoms with Gasteiger partial charge in [-0.1, -0.05) is 19.9 Å². The Hall–Kier alpha value is -1.75. The molecule has 5 heteroatoms. The summed E-state index contributed by atoms with van der Waals surface area (Å²) < 4.78 is 3.17. The van der Waals surface area contributed by atoms with Crippen LogP contribution in [0.15, 0.2) is 40.8 Å². The Morgan fingerprint density at radius 2 is 2.00 bits per heavy atom. The first-order valence-corrected chi connectivity index (χ1v) is 8.74. The van der Waals surface area contributed by atoms with Crippen molar-refractivity contribution in [3.05, 3.63) is 46.3 Å². The summed E-state index contributed by atoms with van der Waals surface area (Å²) in [5.74, 6) is 1.00. The average Bonchev–Trinajstić information content (AvgIpc) is 2.86. The first-order valence-electron chi connectivity index (χ1n) is 7.95. The fourth-order valence-electron chi connectivity index (χ4n) is 2.83. The Morgan fingerprint density at radius 3 is 2.65 bits per heavy atom. The van der Waals surface area contributed by atoms with Gasteiger partial charge >= 0.3 is 0 Å². The van der Waals surface area contributed by atoms with Crippen molar-refractivity contribution in [2.75, 3.05) is 7.05 Å². The quantitative estimate of drug-likeness (QED) is 0.803. The van der Waals surface area contributed by atoms with Crippen molar-refractivity contribution in [3.63, 3.8) is 0 Å². The third kappa shape index (κ3) is 3.29. The van der Waals surface area contributed by atoms with Gasteiger partial charge in [-0.25, -0.2) is 0 Å². The van der Waals surface area contributed by atoms with Crippen LogP contribution in [0.4, 0.5) is 0 Å². The zero-order valence-electron chi connectivity index (χ0n) is 14.4. The molecule has 3 rings (SSSR count). The van der Waals surface area contributed by atoms with Gasteiger partial charge in [-0.3, -0.25) is 4.79 Å². The number of nitrogens with zero attached hydrogens (tertiary/aromatic N) is 2. The van der Waals surface area contributed by atoms with Crippen molar-refractivity contribution < 1.29 is 4.79 Å². The van der Waals surface area contributed by atoms with Crippen molar-refractivity contribution in [3.8, 4) is 0 Å². The van der Waals surface area contributed by atoms with Gasteiger partial charge in [-0.2, -0.15) is 0 Å². The first-order chi connectivity index (χ1) is 11.0. The average molecular weight is 378 g/mol. The number of hydrogen-bond acceptors (Lipinski definition) is 2. The molecule has 2 aromatic rings. The highest BCUT2D eigenvalue weighted by Gasteiger charge is 2.27. The molecule has 1 unspecified atom stereocenters. The lowest BCUT2D eigenvalue weighted by Crippen LogP contribution is -2.42. The van der Waals surface area contributed by atoms with Crippen molar-refractivity contribution in [2.45, 2.75) is 33.2 Å². The number of hydrogen-bond donors (Lipinski definition) is 1. The molecule has 0 saturated carbocycles. The smallest absolute Gasteiger partial charge is 0.230 e. The molecular formula is C18H24BrN3O. The summed E-state index contributed by atoms with van der Waals surface area (Å²) in [6.45, 7) is 5.94. The number of carbonyl (C=O) groups is 1. The third-order valence-corrected chi connectivity index (χ3v) is 4.71. The summed E-state index contributed by atoms with van der Waals surface area (Å²) >= 11 is 3.60. The molecule has 2 heterocycles. The number of nitrogens with one attached hydrogen (secondary N) is 1. The maximum absolute atomic E-state index is 12.1. The molecule has 0 aliphatic carbocycles. The normalized spacial score (nSPS) is 19.6. The van der Waals surface area contributed by atoms with Crippen LogP contribution in [0.2, 0.25) is 0 Å². The van der Waals surface area contributed by atoms with Crippen LogP contribution in [0.1, 0.15) is 38.8 Å². The number of amides is 1. The van der Waals surface area contributed by atoms with E-state index in [0.29, 0.717) is 6.42 Å². The van der Waals surface area contributed by atoms with Gasteiger partial charge in [0, 0.05) is 35.7 Å². The van der Waals surface area contributed by atoms with Crippen LogP contribution >= 0.6 is 15.9 Å². The fraction of sp³-hybridized carbons (Fsp3) is 0.389. The monoisotopic (exact) mass is 377 g/mol. The highest BCUT2D eigenvalue weighted by Crippen LogP contribution is 2.31. The van der Waals surface area contributed by atoms with Gasteiger partial charge in [0.05, 0.1) is 12.5 Å². The predicted octanol–water partition coefficient (Wildman–Crippen LogP) is 4.32. The minimum absolute atomic E-state index is 0.0245.